The first-order valence-corrected chi connectivity index (χ1v) is 8.51. The molecular weight excluding hydrogens is 284 g/mol. The fraction of sp³-hybridized carbons (Fsp3) is 0.474. The molecule has 4 nitrogen and oxygen atoms in total. The van der Waals surface area contributed by atoms with Crippen LogP contribution in [0.2, 0.25) is 0 Å². The van der Waals surface area contributed by atoms with Crippen molar-refractivity contribution in [2.24, 2.45) is 5.73 Å². The van der Waals surface area contributed by atoms with Crippen molar-refractivity contribution < 1.29 is 0 Å². The third-order valence-corrected chi connectivity index (χ3v) is 4.87. The topological polar surface area (TPSA) is 55.0 Å². The van der Waals surface area contributed by atoms with Crippen molar-refractivity contribution in [2.75, 3.05) is 13.1 Å². The number of nitrogens with zero attached hydrogens (tertiary/aromatic N) is 3. The zero-order valence-corrected chi connectivity index (χ0v) is 14.1. The summed E-state index contributed by atoms with van der Waals surface area (Å²) < 4.78 is 0. The van der Waals surface area contributed by atoms with E-state index in [-0.39, 0.29) is 0 Å². The summed E-state index contributed by atoms with van der Waals surface area (Å²) in [5.41, 5.74) is 10.8. The third kappa shape index (κ3) is 3.28. The average Bonchev–Trinajstić information content (AvgIpc) is 2.57. The van der Waals surface area contributed by atoms with Crippen LogP contribution in [0.4, 0.5) is 0 Å². The number of aryl methyl sites for hydroxylation is 2. The van der Waals surface area contributed by atoms with Gasteiger partial charge in [0, 0.05) is 25.5 Å². The van der Waals surface area contributed by atoms with E-state index in [9.17, 15) is 0 Å². The predicted octanol–water partition coefficient (Wildman–Crippen LogP) is 3.32. The summed E-state index contributed by atoms with van der Waals surface area (Å²) in [7, 11) is 0. The SMILES string of the molecule is Cc1cccnc1[C@H]1CCC[C@@H](c2ncccc2C)N1CCN. The van der Waals surface area contributed by atoms with Gasteiger partial charge in [0.1, 0.15) is 0 Å². The van der Waals surface area contributed by atoms with Crippen molar-refractivity contribution in [1.82, 2.24) is 14.9 Å². The van der Waals surface area contributed by atoms with Crippen LogP contribution in [0.5, 0.6) is 0 Å². The molecule has 0 bridgehead atoms. The number of pyridine rings is 2. The molecule has 2 N–H and O–H groups in total. The van der Waals surface area contributed by atoms with Crippen LogP contribution >= 0.6 is 0 Å². The van der Waals surface area contributed by atoms with Crippen molar-refractivity contribution in [2.45, 2.75) is 45.2 Å². The standard InChI is InChI=1S/C19H26N4/c1-14-6-4-11-21-18(14)16-8-3-9-17(23(16)13-10-20)19-15(2)7-5-12-22-19/h4-7,11-12,16-17H,3,8-10,13,20H2,1-2H3/t16-,17+. The first kappa shape index (κ1) is 16.1. The Morgan fingerprint density at radius 2 is 1.52 bits per heavy atom. The Balaban J connectivity index is 1.98. The van der Waals surface area contributed by atoms with Gasteiger partial charge in [0.15, 0.2) is 0 Å². The number of nitrogens with two attached hydrogens (primary N) is 1. The van der Waals surface area contributed by atoms with Crippen LogP contribution in [-0.2, 0) is 0 Å². The van der Waals surface area contributed by atoms with Crippen LogP contribution in [-0.4, -0.2) is 28.0 Å². The van der Waals surface area contributed by atoms with Gasteiger partial charge < -0.3 is 5.73 Å². The van der Waals surface area contributed by atoms with E-state index >= 15 is 0 Å². The number of rotatable bonds is 4. The van der Waals surface area contributed by atoms with Crippen molar-refractivity contribution in [3.05, 3.63) is 59.2 Å². The van der Waals surface area contributed by atoms with E-state index in [1.807, 2.05) is 24.5 Å². The molecule has 2 aromatic heterocycles. The van der Waals surface area contributed by atoms with E-state index in [4.69, 9.17) is 5.73 Å². The Bertz CT molecular complexity index is 602. The number of hydrogen-bond donors (Lipinski definition) is 1. The van der Waals surface area contributed by atoms with Gasteiger partial charge in [0.2, 0.25) is 0 Å². The second kappa shape index (κ2) is 7.20. The maximum Gasteiger partial charge on any atom is 0.0604 e. The molecule has 23 heavy (non-hydrogen) atoms. The maximum absolute atomic E-state index is 5.93. The Morgan fingerprint density at radius 1 is 1.00 bits per heavy atom. The molecule has 0 unspecified atom stereocenters. The Kier molecular flexibility index (Phi) is 5.03. The lowest BCUT2D eigenvalue weighted by atomic mass is 9.89. The molecule has 0 radical (unpaired) electrons. The quantitative estimate of drug-likeness (QED) is 0.941. The van der Waals surface area contributed by atoms with Crippen molar-refractivity contribution >= 4 is 0 Å². The fourth-order valence-electron chi connectivity index (χ4n) is 3.80. The molecule has 2 atom stereocenters. The molecule has 0 aromatic carbocycles. The van der Waals surface area contributed by atoms with Gasteiger partial charge in [-0.25, -0.2) is 0 Å². The van der Waals surface area contributed by atoms with Crippen LogP contribution in [0.25, 0.3) is 0 Å². The number of piperidine rings is 1. The lowest BCUT2D eigenvalue weighted by Crippen LogP contribution is -2.40. The summed E-state index contributed by atoms with van der Waals surface area (Å²) >= 11 is 0. The number of hydrogen-bond acceptors (Lipinski definition) is 4. The van der Waals surface area contributed by atoms with Gasteiger partial charge >= 0.3 is 0 Å². The van der Waals surface area contributed by atoms with Gasteiger partial charge in [-0.05, 0) is 56.4 Å². The lowest BCUT2D eigenvalue weighted by Gasteiger charge is -2.42. The first-order valence-electron chi connectivity index (χ1n) is 8.51. The summed E-state index contributed by atoms with van der Waals surface area (Å²) in [5, 5.41) is 0. The van der Waals surface area contributed by atoms with Crippen molar-refractivity contribution in [3.8, 4) is 0 Å². The van der Waals surface area contributed by atoms with Crippen LogP contribution < -0.4 is 5.73 Å². The Morgan fingerprint density at radius 3 is 1.96 bits per heavy atom. The van der Waals surface area contributed by atoms with Gasteiger partial charge in [-0.1, -0.05) is 12.1 Å². The highest BCUT2D eigenvalue weighted by atomic mass is 15.2. The maximum atomic E-state index is 5.93. The number of aromatic nitrogens is 2. The molecule has 1 aliphatic heterocycles. The molecule has 1 aliphatic rings. The molecule has 0 spiro atoms. The molecule has 122 valence electrons. The summed E-state index contributed by atoms with van der Waals surface area (Å²) in [6.07, 6.45) is 7.28. The van der Waals surface area contributed by atoms with Gasteiger partial charge in [-0.2, -0.15) is 0 Å². The Hall–Kier alpha value is -1.78. The summed E-state index contributed by atoms with van der Waals surface area (Å²) in [6.45, 7) is 5.84. The largest absolute Gasteiger partial charge is 0.329 e. The molecule has 3 rings (SSSR count). The highest BCUT2D eigenvalue weighted by molar-refractivity contribution is 5.25. The molecule has 4 heteroatoms. The number of likely N-dealkylation sites (tertiary alicyclic amines) is 1. The summed E-state index contributed by atoms with van der Waals surface area (Å²) in [6, 6.07) is 8.99. The molecule has 0 amide bonds. The van der Waals surface area contributed by atoms with E-state index in [1.54, 1.807) is 0 Å². The van der Waals surface area contributed by atoms with Crippen LogP contribution in [0.15, 0.2) is 36.7 Å². The monoisotopic (exact) mass is 310 g/mol. The molecule has 1 saturated heterocycles. The third-order valence-electron chi connectivity index (χ3n) is 4.87. The van der Waals surface area contributed by atoms with E-state index < -0.39 is 0 Å². The van der Waals surface area contributed by atoms with Crippen molar-refractivity contribution in [3.63, 3.8) is 0 Å². The zero-order valence-electron chi connectivity index (χ0n) is 14.1. The summed E-state index contributed by atoms with van der Waals surface area (Å²) in [4.78, 5) is 11.9. The lowest BCUT2D eigenvalue weighted by molar-refractivity contribution is 0.0798. The molecule has 0 aliphatic carbocycles. The summed E-state index contributed by atoms with van der Waals surface area (Å²) in [5.74, 6) is 0. The second-order valence-electron chi connectivity index (χ2n) is 6.40. The Labute approximate surface area is 138 Å². The fourth-order valence-corrected chi connectivity index (χ4v) is 3.80. The highest BCUT2D eigenvalue weighted by Crippen LogP contribution is 2.41. The van der Waals surface area contributed by atoms with E-state index in [0.717, 1.165) is 19.4 Å². The van der Waals surface area contributed by atoms with Gasteiger partial charge in [-0.15, -0.1) is 0 Å². The van der Waals surface area contributed by atoms with E-state index in [1.165, 1.54) is 28.9 Å². The van der Waals surface area contributed by atoms with Crippen molar-refractivity contribution in [1.29, 1.82) is 0 Å². The minimum atomic E-state index is 0.333. The first-order chi connectivity index (χ1) is 11.2. The van der Waals surface area contributed by atoms with Crippen LogP contribution in [0.3, 0.4) is 0 Å². The van der Waals surface area contributed by atoms with Gasteiger partial charge in [0.05, 0.1) is 23.5 Å². The zero-order chi connectivity index (χ0) is 16.2. The molecule has 1 fully saturated rings. The molecule has 3 heterocycles. The minimum absolute atomic E-state index is 0.333. The van der Waals surface area contributed by atoms with Crippen LogP contribution in [0.1, 0.15) is 53.9 Å². The average molecular weight is 310 g/mol. The van der Waals surface area contributed by atoms with E-state index in [0.29, 0.717) is 18.6 Å². The predicted molar refractivity (Wildman–Crippen MR) is 93.0 cm³/mol. The van der Waals surface area contributed by atoms with Gasteiger partial charge in [-0.3, -0.25) is 14.9 Å². The molecule has 0 saturated carbocycles. The normalized spacial score (nSPS) is 22.2. The molecule has 2 aromatic rings. The van der Waals surface area contributed by atoms with Crippen LogP contribution in [0, 0.1) is 13.8 Å². The smallest absolute Gasteiger partial charge is 0.0604 e. The second-order valence-corrected chi connectivity index (χ2v) is 6.40. The van der Waals surface area contributed by atoms with E-state index in [2.05, 4.69) is 40.8 Å². The molecular formula is C19H26N4. The minimum Gasteiger partial charge on any atom is -0.329 e. The van der Waals surface area contributed by atoms with Gasteiger partial charge in [0.25, 0.3) is 0 Å². The highest BCUT2D eigenvalue weighted by Gasteiger charge is 2.34.